The molecule has 0 atom stereocenters. The maximum absolute atomic E-state index is 11.1. The number of hydrogen-bond acceptors (Lipinski definition) is 3. The largest absolute Gasteiger partial charge is 0.478 e. The third-order valence-corrected chi connectivity index (χ3v) is 3.07. The van der Waals surface area contributed by atoms with Crippen LogP contribution in [-0.2, 0) is 6.54 Å². The van der Waals surface area contributed by atoms with Gasteiger partial charge < -0.3 is 16.2 Å². The molecule has 2 aromatic carbocycles. The van der Waals surface area contributed by atoms with Gasteiger partial charge in [0.25, 0.3) is 0 Å². The van der Waals surface area contributed by atoms with Gasteiger partial charge in [-0.05, 0) is 29.8 Å². The van der Waals surface area contributed by atoms with Crippen molar-refractivity contribution in [3.05, 3.63) is 58.6 Å². The quantitative estimate of drug-likeness (QED) is 0.750. The molecule has 19 heavy (non-hydrogen) atoms. The summed E-state index contributed by atoms with van der Waals surface area (Å²) in [5.41, 5.74) is 7.73. The minimum Gasteiger partial charge on any atom is -0.478 e. The number of benzene rings is 2. The van der Waals surface area contributed by atoms with Gasteiger partial charge in [0.15, 0.2) is 0 Å². The topological polar surface area (TPSA) is 75.4 Å². The zero-order valence-electron chi connectivity index (χ0n) is 10.1. The third-order valence-electron chi connectivity index (χ3n) is 2.70. The number of anilines is 2. The standard InChI is InChI=1S/C14H13ClN2O2/c15-12-4-2-1-3-9(12)8-17-13-7-10(16)5-6-11(13)14(18)19/h1-7,17H,8,16H2,(H,18,19). The van der Waals surface area contributed by atoms with E-state index < -0.39 is 5.97 Å². The van der Waals surface area contributed by atoms with Gasteiger partial charge in [-0.15, -0.1) is 0 Å². The van der Waals surface area contributed by atoms with Crippen molar-refractivity contribution in [1.29, 1.82) is 0 Å². The molecule has 98 valence electrons. The van der Waals surface area contributed by atoms with Gasteiger partial charge in [0, 0.05) is 17.3 Å². The van der Waals surface area contributed by atoms with Gasteiger partial charge in [-0.25, -0.2) is 4.79 Å². The lowest BCUT2D eigenvalue weighted by Crippen LogP contribution is -2.07. The molecule has 2 aromatic rings. The molecule has 0 bridgehead atoms. The van der Waals surface area contributed by atoms with Crippen LogP contribution in [0.2, 0.25) is 5.02 Å². The fraction of sp³-hybridized carbons (Fsp3) is 0.0714. The zero-order chi connectivity index (χ0) is 13.8. The van der Waals surface area contributed by atoms with Crippen molar-refractivity contribution in [2.45, 2.75) is 6.54 Å². The van der Waals surface area contributed by atoms with Crippen LogP contribution in [0.1, 0.15) is 15.9 Å². The summed E-state index contributed by atoms with van der Waals surface area (Å²) >= 11 is 6.04. The summed E-state index contributed by atoms with van der Waals surface area (Å²) in [6.45, 7) is 0.434. The number of aromatic carboxylic acids is 1. The minimum absolute atomic E-state index is 0.182. The highest BCUT2D eigenvalue weighted by Gasteiger charge is 2.10. The molecule has 0 unspecified atom stereocenters. The Morgan fingerprint density at radius 3 is 2.68 bits per heavy atom. The van der Waals surface area contributed by atoms with Crippen LogP contribution in [0.5, 0.6) is 0 Å². The van der Waals surface area contributed by atoms with Crippen molar-refractivity contribution in [2.75, 3.05) is 11.1 Å². The average molecular weight is 277 g/mol. The molecule has 0 saturated heterocycles. The number of carboxylic acid groups (broad SMARTS) is 1. The number of halogens is 1. The molecule has 5 heteroatoms. The summed E-state index contributed by atoms with van der Waals surface area (Å²) in [5, 5.41) is 12.8. The summed E-state index contributed by atoms with van der Waals surface area (Å²) in [5.74, 6) is -0.998. The van der Waals surface area contributed by atoms with E-state index in [1.807, 2.05) is 18.2 Å². The van der Waals surface area contributed by atoms with Crippen molar-refractivity contribution < 1.29 is 9.90 Å². The Balaban J connectivity index is 2.22. The van der Waals surface area contributed by atoms with E-state index in [1.165, 1.54) is 6.07 Å². The fourth-order valence-electron chi connectivity index (χ4n) is 1.73. The highest BCUT2D eigenvalue weighted by Crippen LogP contribution is 2.22. The molecular weight excluding hydrogens is 264 g/mol. The van der Waals surface area contributed by atoms with Crippen LogP contribution in [0.25, 0.3) is 0 Å². The molecule has 0 radical (unpaired) electrons. The van der Waals surface area contributed by atoms with Crippen molar-refractivity contribution in [1.82, 2.24) is 0 Å². The van der Waals surface area contributed by atoms with Crippen LogP contribution >= 0.6 is 11.6 Å². The molecule has 0 spiro atoms. The van der Waals surface area contributed by atoms with Crippen molar-refractivity contribution in [3.63, 3.8) is 0 Å². The average Bonchev–Trinajstić information content (AvgIpc) is 2.37. The molecule has 0 saturated carbocycles. The first kappa shape index (κ1) is 13.2. The van der Waals surface area contributed by atoms with E-state index in [0.29, 0.717) is 22.9 Å². The van der Waals surface area contributed by atoms with E-state index in [2.05, 4.69) is 5.32 Å². The Bertz CT molecular complexity index is 614. The number of nitrogens with two attached hydrogens (primary N) is 1. The molecule has 0 aliphatic heterocycles. The smallest absolute Gasteiger partial charge is 0.337 e. The van der Waals surface area contributed by atoms with Gasteiger partial charge in [-0.2, -0.15) is 0 Å². The Hall–Kier alpha value is -2.20. The van der Waals surface area contributed by atoms with Gasteiger partial charge in [-0.1, -0.05) is 29.8 Å². The van der Waals surface area contributed by atoms with Crippen LogP contribution in [0, 0.1) is 0 Å². The predicted molar refractivity (Wildman–Crippen MR) is 76.6 cm³/mol. The van der Waals surface area contributed by atoms with Gasteiger partial charge in [0.05, 0.1) is 11.3 Å². The van der Waals surface area contributed by atoms with E-state index in [4.69, 9.17) is 22.4 Å². The Morgan fingerprint density at radius 1 is 1.26 bits per heavy atom. The Labute approximate surface area is 115 Å². The second-order valence-electron chi connectivity index (χ2n) is 4.06. The summed E-state index contributed by atoms with van der Waals surface area (Å²) in [4.78, 5) is 11.1. The molecule has 0 amide bonds. The Kier molecular flexibility index (Phi) is 3.92. The predicted octanol–water partition coefficient (Wildman–Crippen LogP) is 3.23. The molecule has 0 aromatic heterocycles. The lowest BCUT2D eigenvalue weighted by molar-refractivity contribution is 0.0698. The van der Waals surface area contributed by atoms with Crippen LogP contribution in [0.4, 0.5) is 11.4 Å². The fourth-order valence-corrected chi connectivity index (χ4v) is 1.93. The van der Waals surface area contributed by atoms with Crippen LogP contribution in [0.15, 0.2) is 42.5 Å². The van der Waals surface area contributed by atoms with E-state index in [9.17, 15) is 4.79 Å². The zero-order valence-corrected chi connectivity index (χ0v) is 10.8. The lowest BCUT2D eigenvalue weighted by atomic mass is 10.1. The van der Waals surface area contributed by atoms with E-state index in [1.54, 1.807) is 18.2 Å². The van der Waals surface area contributed by atoms with Crippen molar-refractivity contribution in [3.8, 4) is 0 Å². The third kappa shape index (κ3) is 3.17. The van der Waals surface area contributed by atoms with Gasteiger partial charge in [0.1, 0.15) is 0 Å². The van der Waals surface area contributed by atoms with Gasteiger partial charge in [-0.3, -0.25) is 0 Å². The number of rotatable bonds is 4. The second-order valence-corrected chi connectivity index (χ2v) is 4.46. The van der Waals surface area contributed by atoms with Crippen LogP contribution in [-0.4, -0.2) is 11.1 Å². The van der Waals surface area contributed by atoms with Crippen LogP contribution in [0.3, 0.4) is 0 Å². The summed E-state index contributed by atoms with van der Waals surface area (Å²) in [6.07, 6.45) is 0. The second kappa shape index (κ2) is 5.63. The van der Waals surface area contributed by atoms with Crippen molar-refractivity contribution in [2.24, 2.45) is 0 Å². The lowest BCUT2D eigenvalue weighted by Gasteiger charge is -2.11. The number of hydrogen-bond donors (Lipinski definition) is 3. The highest BCUT2D eigenvalue weighted by atomic mass is 35.5. The van der Waals surface area contributed by atoms with E-state index in [0.717, 1.165) is 5.56 Å². The van der Waals surface area contributed by atoms with Gasteiger partial charge >= 0.3 is 5.97 Å². The molecule has 0 aliphatic carbocycles. The number of carbonyl (C=O) groups is 1. The maximum atomic E-state index is 11.1. The van der Waals surface area contributed by atoms with E-state index in [-0.39, 0.29) is 5.56 Å². The molecule has 4 N–H and O–H groups in total. The normalized spacial score (nSPS) is 10.2. The maximum Gasteiger partial charge on any atom is 0.337 e. The first-order valence-corrected chi connectivity index (χ1v) is 6.06. The SMILES string of the molecule is Nc1ccc(C(=O)O)c(NCc2ccccc2Cl)c1. The van der Waals surface area contributed by atoms with Crippen molar-refractivity contribution >= 4 is 28.9 Å². The molecule has 2 rings (SSSR count). The monoisotopic (exact) mass is 276 g/mol. The molecule has 4 nitrogen and oxygen atoms in total. The summed E-state index contributed by atoms with van der Waals surface area (Å²) in [7, 11) is 0. The summed E-state index contributed by atoms with van der Waals surface area (Å²) < 4.78 is 0. The Morgan fingerprint density at radius 2 is 2.00 bits per heavy atom. The summed E-state index contributed by atoms with van der Waals surface area (Å²) in [6, 6.07) is 12.0. The molecule has 0 fully saturated rings. The van der Waals surface area contributed by atoms with E-state index >= 15 is 0 Å². The first-order chi connectivity index (χ1) is 9.08. The first-order valence-electron chi connectivity index (χ1n) is 5.68. The molecular formula is C14H13ClN2O2. The van der Waals surface area contributed by atoms with Gasteiger partial charge in [0.2, 0.25) is 0 Å². The molecule has 0 heterocycles. The number of nitrogen functional groups attached to an aromatic ring is 1. The van der Waals surface area contributed by atoms with Crippen LogP contribution < -0.4 is 11.1 Å². The number of nitrogens with one attached hydrogen (secondary N) is 1. The highest BCUT2D eigenvalue weighted by molar-refractivity contribution is 6.31. The number of carboxylic acids is 1. The molecule has 0 aliphatic rings. The minimum atomic E-state index is -0.998.